The van der Waals surface area contributed by atoms with Crippen molar-refractivity contribution in [1.29, 1.82) is 0 Å². The third-order valence-electron chi connectivity index (χ3n) is 8.04. The zero-order valence-electron chi connectivity index (χ0n) is 25.6. The molecule has 1 fully saturated rings. The van der Waals surface area contributed by atoms with Gasteiger partial charge in [-0.25, -0.2) is 19.7 Å². The molecule has 0 atom stereocenters. The number of nitrogen functional groups attached to an aromatic ring is 1. The molecule has 5 rings (SSSR count). The Kier molecular flexibility index (Phi) is 9.85. The standard InChI is InChI=1S/C30H42N10O3/c1-5-38(13-16-42-4)12-11-36(2)23-7-6-8-24(19-23)37(3)30(41)40-10-9-25-26(22-20-32-28(31)33-21-22)34-29(35-27(25)40)39-14-17-43-18-15-39/h6-8,19-21H,5,9-18H2,1-4H3,(H2,31,32,33). The molecule has 2 aromatic heterocycles. The van der Waals surface area contributed by atoms with Crippen molar-refractivity contribution >= 4 is 35.1 Å². The number of fused-ring (bicyclic) bond motifs is 1. The normalized spacial score (nSPS) is 14.7. The van der Waals surface area contributed by atoms with Crippen molar-refractivity contribution in [3.05, 3.63) is 42.2 Å². The largest absolute Gasteiger partial charge is 0.383 e. The summed E-state index contributed by atoms with van der Waals surface area (Å²) in [6.45, 7) is 9.57. The summed E-state index contributed by atoms with van der Waals surface area (Å²) in [6.07, 6.45) is 3.96. The average molecular weight is 591 g/mol. The maximum absolute atomic E-state index is 14.0. The number of methoxy groups -OCH3 is 1. The van der Waals surface area contributed by atoms with E-state index in [1.165, 1.54) is 0 Å². The first-order valence-corrected chi connectivity index (χ1v) is 14.8. The Labute approximate surface area is 253 Å². The van der Waals surface area contributed by atoms with Crippen molar-refractivity contribution in [2.75, 3.05) is 112 Å². The number of nitrogens with zero attached hydrogens (tertiary/aromatic N) is 9. The van der Waals surface area contributed by atoms with E-state index in [0.29, 0.717) is 57.6 Å². The summed E-state index contributed by atoms with van der Waals surface area (Å²) in [5, 5.41) is 0. The molecule has 2 amide bonds. The molecular weight excluding hydrogens is 548 g/mol. The molecule has 2 aliphatic heterocycles. The summed E-state index contributed by atoms with van der Waals surface area (Å²) in [7, 11) is 5.61. The Morgan fingerprint density at radius 1 is 1.05 bits per heavy atom. The molecule has 1 saturated heterocycles. The molecule has 4 heterocycles. The number of hydrogen-bond donors (Lipinski definition) is 1. The van der Waals surface area contributed by atoms with Gasteiger partial charge in [-0.2, -0.15) is 4.98 Å². The van der Waals surface area contributed by atoms with E-state index >= 15 is 0 Å². The van der Waals surface area contributed by atoms with Gasteiger partial charge in [-0.3, -0.25) is 14.7 Å². The Morgan fingerprint density at radius 3 is 2.51 bits per heavy atom. The first-order chi connectivity index (χ1) is 20.9. The zero-order valence-corrected chi connectivity index (χ0v) is 25.6. The van der Waals surface area contributed by atoms with Crippen molar-refractivity contribution in [2.24, 2.45) is 0 Å². The number of urea groups is 1. The zero-order chi connectivity index (χ0) is 30.3. The lowest BCUT2D eigenvalue weighted by atomic mass is 10.1. The van der Waals surface area contributed by atoms with Gasteiger partial charge >= 0.3 is 6.03 Å². The van der Waals surface area contributed by atoms with Crippen molar-refractivity contribution in [3.8, 4) is 11.3 Å². The average Bonchev–Trinajstić information content (AvgIpc) is 3.48. The van der Waals surface area contributed by atoms with Crippen molar-refractivity contribution in [2.45, 2.75) is 13.3 Å². The summed E-state index contributed by atoms with van der Waals surface area (Å²) < 4.78 is 10.8. The number of hydrogen-bond acceptors (Lipinski definition) is 11. The molecule has 0 unspecified atom stereocenters. The molecule has 230 valence electrons. The third kappa shape index (κ3) is 6.95. The number of carbonyl (C=O) groups excluding carboxylic acids is 1. The number of rotatable bonds is 11. The highest BCUT2D eigenvalue weighted by Gasteiger charge is 2.33. The molecule has 13 nitrogen and oxygen atoms in total. The molecule has 43 heavy (non-hydrogen) atoms. The van der Waals surface area contributed by atoms with Crippen LogP contribution in [0.1, 0.15) is 12.5 Å². The monoisotopic (exact) mass is 590 g/mol. The number of aromatic nitrogens is 4. The van der Waals surface area contributed by atoms with E-state index in [1.54, 1.807) is 29.3 Å². The number of ether oxygens (including phenoxy) is 2. The molecule has 13 heteroatoms. The van der Waals surface area contributed by atoms with Crippen LogP contribution in [0.15, 0.2) is 36.7 Å². The van der Waals surface area contributed by atoms with Crippen molar-refractivity contribution in [3.63, 3.8) is 0 Å². The fourth-order valence-corrected chi connectivity index (χ4v) is 5.33. The minimum Gasteiger partial charge on any atom is -0.383 e. The van der Waals surface area contributed by atoms with Gasteiger partial charge in [0.25, 0.3) is 0 Å². The van der Waals surface area contributed by atoms with E-state index in [9.17, 15) is 4.79 Å². The van der Waals surface area contributed by atoms with Crippen LogP contribution in [-0.4, -0.2) is 118 Å². The van der Waals surface area contributed by atoms with Gasteiger partial charge in [0.05, 0.1) is 25.5 Å². The van der Waals surface area contributed by atoms with Crippen LogP contribution >= 0.6 is 0 Å². The number of benzene rings is 1. The lowest BCUT2D eigenvalue weighted by molar-refractivity contribution is 0.122. The number of likely N-dealkylation sites (N-methyl/N-ethyl adjacent to an activating group) is 2. The lowest BCUT2D eigenvalue weighted by Crippen LogP contribution is -2.41. The number of anilines is 5. The van der Waals surface area contributed by atoms with Gasteiger partial charge in [-0.1, -0.05) is 13.0 Å². The number of morpholine rings is 1. The second-order valence-corrected chi connectivity index (χ2v) is 10.7. The van der Waals surface area contributed by atoms with Crippen molar-refractivity contribution < 1.29 is 14.3 Å². The van der Waals surface area contributed by atoms with E-state index in [1.807, 2.05) is 19.2 Å². The topological polar surface area (TPSA) is 129 Å². The SMILES string of the molecule is CCN(CCOC)CCN(C)c1cccc(N(C)C(=O)N2CCc3c(-c4cnc(N)nc4)nc(N4CCOCC4)nc32)c1. The van der Waals surface area contributed by atoms with Gasteiger partial charge < -0.3 is 25.0 Å². The van der Waals surface area contributed by atoms with Crippen LogP contribution in [-0.2, 0) is 15.9 Å². The molecule has 2 N–H and O–H groups in total. The quantitative estimate of drug-likeness (QED) is 0.353. The number of nitrogens with two attached hydrogens (primary N) is 1. The highest BCUT2D eigenvalue weighted by Crippen LogP contribution is 2.36. The smallest absolute Gasteiger partial charge is 0.329 e. The van der Waals surface area contributed by atoms with E-state index in [0.717, 1.165) is 54.4 Å². The summed E-state index contributed by atoms with van der Waals surface area (Å²) in [6, 6.07) is 7.92. The van der Waals surface area contributed by atoms with Gasteiger partial charge in [0.1, 0.15) is 5.82 Å². The van der Waals surface area contributed by atoms with Crippen LogP contribution in [0.3, 0.4) is 0 Å². The molecule has 0 spiro atoms. The second-order valence-electron chi connectivity index (χ2n) is 10.7. The van der Waals surface area contributed by atoms with Gasteiger partial charge in [-0.15, -0.1) is 0 Å². The third-order valence-corrected chi connectivity index (χ3v) is 8.04. The molecule has 2 aliphatic rings. The number of carbonyl (C=O) groups is 1. The van der Waals surface area contributed by atoms with Crippen LogP contribution < -0.4 is 25.3 Å². The molecule has 1 aromatic carbocycles. The number of amides is 2. The summed E-state index contributed by atoms with van der Waals surface area (Å²) in [4.78, 5) is 42.3. The molecule has 0 radical (unpaired) electrons. The van der Waals surface area contributed by atoms with E-state index in [-0.39, 0.29) is 12.0 Å². The molecule has 0 aliphatic carbocycles. The van der Waals surface area contributed by atoms with Crippen LogP contribution in [0.4, 0.5) is 33.9 Å². The van der Waals surface area contributed by atoms with Crippen molar-refractivity contribution in [1.82, 2.24) is 24.8 Å². The van der Waals surface area contributed by atoms with E-state index < -0.39 is 0 Å². The fraction of sp³-hybridized carbons (Fsp3) is 0.500. The molecule has 0 saturated carbocycles. The van der Waals surface area contributed by atoms with Gasteiger partial charge in [0.15, 0.2) is 0 Å². The minimum absolute atomic E-state index is 0.151. The molecule has 3 aromatic rings. The predicted molar refractivity (Wildman–Crippen MR) is 169 cm³/mol. The van der Waals surface area contributed by atoms with Crippen LogP contribution in [0.2, 0.25) is 0 Å². The van der Waals surface area contributed by atoms with Gasteiger partial charge in [0.2, 0.25) is 11.9 Å². The molecule has 0 bridgehead atoms. The summed E-state index contributed by atoms with van der Waals surface area (Å²) in [5.74, 6) is 1.37. The molecular formula is C30H42N10O3. The summed E-state index contributed by atoms with van der Waals surface area (Å²) in [5.41, 5.74) is 9.97. The second kappa shape index (κ2) is 13.9. The van der Waals surface area contributed by atoms with Crippen LogP contribution in [0.25, 0.3) is 11.3 Å². The van der Waals surface area contributed by atoms with E-state index in [2.05, 4.69) is 50.8 Å². The van der Waals surface area contributed by atoms with Gasteiger partial charge in [0, 0.05) is 95.4 Å². The van der Waals surface area contributed by atoms with Crippen LogP contribution in [0, 0.1) is 0 Å². The fourth-order valence-electron chi connectivity index (χ4n) is 5.33. The van der Waals surface area contributed by atoms with Crippen LogP contribution in [0.5, 0.6) is 0 Å². The first-order valence-electron chi connectivity index (χ1n) is 14.8. The Bertz CT molecular complexity index is 1380. The maximum Gasteiger partial charge on any atom is 0.329 e. The Morgan fingerprint density at radius 2 is 1.79 bits per heavy atom. The minimum atomic E-state index is -0.151. The first kappa shape index (κ1) is 30.4. The Balaban J connectivity index is 1.38. The van der Waals surface area contributed by atoms with Gasteiger partial charge in [-0.05, 0) is 31.2 Å². The highest BCUT2D eigenvalue weighted by molar-refractivity contribution is 6.04. The Hall–Kier alpha value is -4.07. The lowest BCUT2D eigenvalue weighted by Gasteiger charge is -2.29. The predicted octanol–water partition coefficient (Wildman–Crippen LogP) is 2.38. The highest BCUT2D eigenvalue weighted by atomic mass is 16.5. The maximum atomic E-state index is 14.0. The van der Waals surface area contributed by atoms with E-state index in [4.69, 9.17) is 25.2 Å². The summed E-state index contributed by atoms with van der Waals surface area (Å²) >= 11 is 0.